The van der Waals surface area contributed by atoms with Crippen LogP contribution < -0.4 is 15.5 Å². The number of benzene rings is 1. The number of pyridine rings is 1. The summed E-state index contributed by atoms with van der Waals surface area (Å²) in [6.45, 7) is 1.01. The molecule has 0 amide bonds. The zero-order valence-electron chi connectivity index (χ0n) is 13.0. The van der Waals surface area contributed by atoms with E-state index in [1.165, 1.54) is 24.1 Å². The van der Waals surface area contributed by atoms with Crippen molar-refractivity contribution in [3.8, 4) is 0 Å². The van der Waals surface area contributed by atoms with Crippen LogP contribution in [0.25, 0.3) is 0 Å². The molecule has 2 aromatic rings. The molecule has 23 heavy (non-hydrogen) atoms. The summed E-state index contributed by atoms with van der Waals surface area (Å²) in [6, 6.07) is 13.2. The first-order chi connectivity index (χ1) is 11.3. The molecule has 1 fully saturated rings. The monoisotopic (exact) mass is 324 g/mol. The highest BCUT2D eigenvalue weighted by molar-refractivity contribution is 7.80. The molecule has 2 aliphatic rings. The van der Waals surface area contributed by atoms with E-state index in [1.54, 1.807) is 0 Å². The molecule has 0 atom stereocenters. The molecule has 0 unspecified atom stereocenters. The number of nitrogens with one attached hydrogen (secondary N) is 2. The zero-order chi connectivity index (χ0) is 15.6. The van der Waals surface area contributed by atoms with Crippen LogP contribution in [0, 0.1) is 0 Å². The van der Waals surface area contributed by atoms with Gasteiger partial charge in [0.1, 0.15) is 5.82 Å². The fourth-order valence-electron chi connectivity index (χ4n) is 2.97. The Balaban J connectivity index is 1.49. The number of hydrogen-bond donors (Lipinski definition) is 2. The lowest BCUT2D eigenvalue weighted by molar-refractivity contribution is 0.760. The highest BCUT2D eigenvalue weighted by Crippen LogP contribution is 2.32. The Bertz CT molecular complexity index is 709. The quantitative estimate of drug-likeness (QED) is 0.844. The van der Waals surface area contributed by atoms with E-state index in [-0.39, 0.29) is 0 Å². The van der Waals surface area contributed by atoms with E-state index in [2.05, 4.69) is 50.8 Å². The number of rotatable bonds is 3. The highest BCUT2D eigenvalue weighted by Gasteiger charge is 2.22. The first-order valence-corrected chi connectivity index (χ1v) is 8.59. The summed E-state index contributed by atoms with van der Waals surface area (Å²) in [6.07, 6.45) is 6.59. The van der Waals surface area contributed by atoms with E-state index >= 15 is 0 Å². The van der Waals surface area contributed by atoms with Crippen molar-refractivity contribution < 1.29 is 0 Å². The maximum atomic E-state index is 5.30. The topological polar surface area (TPSA) is 40.2 Å². The smallest absolute Gasteiger partial charge is 0.171 e. The summed E-state index contributed by atoms with van der Waals surface area (Å²) >= 11 is 5.30. The lowest BCUT2D eigenvalue weighted by Gasteiger charge is -2.30. The number of para-hydroxylation sites is 1. The van der Waals surface area contributed by atoms with E-state index in [1.807, 2.05) is 12.3 Å². The summed E-state index contributed by atoms with van der Waals surface area (Å²) in [5.74, 6) is 0.990. The van der Waals surface area contributed by atoms with Crippen molar-refractivity contribution >= 4 is 34.5 Å². The molecule has 2 N–H and O–H groups in total. The fraction of sp³-hybridized carbons (Fsp3) is 0.333. The first-order valence-electron chi connectivity index (χ1n) is 8.18. The maximum absolute atomic E-state index is 5.30. The van der Waals surface area contributed by atoms with Crippen molar-refractivity contribution in [2.75, 3.05) is 16.8 Å². The molecule has 1 aliphatic heterocycles. The third-order valence-electron chi connectivity index (χ3n) is 4.31. The Morgan fingerprint density at radius 3 is 2.83 bits per heavy atom. The van der Waals surface area contributed by atoms with Gasteiger partial charge in [-0.15, -0.1) is 0 Å². The van der Waals surface area contributed by atoms with Crippen LogP contribution in [0.15, 0.2) is 42.6 Å². The molecule has 1 aromatic heterocycles. The van der Waals surface area contributed by atoms with Crippen LogP contribution in [0.1, 0.15) is 24.8 Å². The molecule has 4 nitrogen and oxygen atoms in total. The lowest BCUT2D eigenvalue weighted by atomic mass is 10.0. The van der Waals surface area contributed by atoms with E-state index in [0.29, 0.717) is 11.2 Å². The number of anilines is 3. The molecule has 118 valence electrons. The van der Waals surface area contributed by atoms with Crippen molar-refractivity contribution in [3.05, 3.63) is 48.2 Å². The van der Waals surface area contributed by atoms with Crippen LogP contribution in [-0.2, 0) is 6.42 Å². The average molecular weight is 324 g/mol. The molecule has 1 saturated carbocycles. The van der Waals surface area contributed by atoms with E-state index < -0.39 is 0 Å². The highest BCUT2D eigenvalue weighted by atomic mass is 32.1. The Morgan fingerprint density at radius 1 is 1.17 bits per heavy atom. The van der Waals surface area contributed by atoms with Crippen molar-refractivity contribution in [1.29, 1.82) is 0 Å². The predicted octanol–water partition coefficient (Wildman–Crippen LogP) is 3.61. The second-order valence-electron chi connectivity index (χ2n) is 6.16. The Labute approximate surface area is 141 Å². The molecule has 0 spiro atoms. The number of fused-ring (bicyclic) bond motifs is 1. The van der Waals surface area contributed by atoms with E-state index in [0.717, 1.165) is 30.9 Å². The van der Waals surface area contributed by atoms with Gasteiger partial charge >= 0.3 is 0 Å². The number of thiocarbonyl (C=S) groups is 1. The van der Waals surface area contributed by atoms with Gasteiger partial charge in [-0.3, -0.25) is 0 Å². The second-order valence-corrected chi connectivity index (χ2v) is 6.57. The third kappa shape index (κ3) is 3.29. The minimum absolute atomic E-state index is 0.562. The average Bonchev–Trinajstić information content (AvgIpc) is 3.39. The Kier molecular flexibility index (Phi) is 3.87. The largest absolute Gasteiger partial charge is 0.360 e. The Morgan fingerprint density at radius 2 is 2.04 bits per heavy atom. The van der Waals surface area contributed by atoms with Gasteiger partial charge in [-0.1, -0.05) is 18.2 Å². The summed E-state index contributed by atoms with van der Waals surface area (Å²) < 4.78 is 0. The van der Waals surface area contributed by atoms with Crippen molar-refractivity contribution in [2.24, 2.45) is 0 Å². The normalized spacial score (nSPS) is 16.6. The third-order valence-corrected chi connectivity index (χ3v) is 4.53. The summed E-state index contributed by atoms with van der Waals surface area (Å²) in [5, 5.41) is 7.16. The van der Waals surface area contributed by atoms with Crippen molar-refractivity contribution in [2.45, 2.75) is 31.7 Å². The zero-order valence-corrected chi connectivity index (χ0v) is 13.8. The molecular weight excluding hydrogens is 304 g/mol. The van der Waals surface area contributed by atoms with Crippen LogP contribution in [0.3, 0.4) is 0 Å². The predicted molar refractivity (Wildman–Crippen MR) is 98.4 cm³/mol. The number of aryl methyl sites for hydroxylation is 1. The van der Waals surface area contributed by atoms with E-state index in [4.69, 9.17) is 12.2 Å². The van der Waals surface area contributed by atoms with Crippen LogP contribution in [0.5, 0.6) is 0 Å². The number of hydrogen-bond acceptors (Lipinski definition) is 3. The van der Waals surface area contributed by atoms with Crippen LogP contribution in [-0.4, -0.2) is 22.7 Å². The maximum Gasteiger partial charge on any atom is 0.171 e. The van der Waals surface area contributed by atoms with Gasteiger partial charge in [0.05, 0.1) is 11.9 Å². The molecule has 0 saturated heterocycles. The first kappa shape index (κ1) is 14.5. The SMILES string of the molecule is S=C(Nc1ccc(N2CCCc3ccccc32)nc1)NC1CC1. The van der Waals surface area contributed by atoms with Gasteiger partial charge in [0.25, 0.3) is 0 Å². The molecule has 1 aliphatic carbocycles. The molecule has 0 radical (unpaired) electrons. The molecular formula is C18H20N4S. The molecule has 2 heterocycles. The van der Waals surface area contributed by atoms with Crippen LogP contribution in [0.2, 0.25) is 0 Å². The molecule has 1 aromatic carbocycles. The van der Waals surface area contributed by atoms with Gasteiger partial charge < -0.3 is 15.5 Å². The van der Waals surface area contributed by atoms with Crippen LogP contribution >= 0.6 is 12.2 Å². The van der Waals surface area contributed by atoms with Crippen molar-refractivity contribution in [1.82, 2.24) is 10.3 Å². The Hall–Kier alpha value is -2.14. The standard InChI is InChI=1S/C18H20N4S/c23-18(20-14-7-8-14)21-15-9-10-17(19-12-15)22-11-3-5-13-4-1-2-6-16(13)22/h1-2,4,6,9-10,12,14H,3,5,7-8,11H2,(H2,20,21,23). The van der Waals surface area contributed by atoms with Crippen molar-refractivity contribution in [3.63, 3.8) is 0 Å². The van der Waals surface area contributed by atoms with E-state index in [9.17, 15) is 0 Å². The molecule has 5 heteroatoms. The molecule has 4 rings (SSSR count). The van der Waals surface area contributed by atoms with Gasteiger partial charge in [-0.2, -0.15) is 0 Å². The van der Waals surface area contributed by atoms with Crippen LogP contribution in [0.4, 0.5) is 17.2 Å². The second kappa shape index (κ2) is 6.16. The summed E-state index contributed by atoms with van der Waals surface area (Å²) in [5.41, 5.74) is 3.60. The van der Waals surface area contributed by atoms with Gasteiger partial charge in [0, 0.05) is 18.3 Å². The van der Waals surface area contributed by atoms with Gasteiger partial charge in [-0.25, -0.2) is 4.98 Å². The minimum atomic E-state index is 0.562. The summed E-state index contributed by atoms with van der Waals surface area (Å²) in [7, 11) is 0. The van der Waals surface area contributed by atoms with Gasteiger partial charge in [0.2, 0.25) is 0 Å². The molecule has 0 bridgehead atoms. The minimum Gasteiger partial charge on any atom is -0.360 e. The van der Waals surface area contributed by atoms with Gasteiger partial charge in [-0.05, 0) is 61.7 Å². The summed E-state index contributed by atoms with van der Waals surface area (Å²) in [4.78, 5) is 6.92. The lowest BCUT2D eigenvalue weighted by Crippen LogP contribution is -2.30. The number of aromatic nitrogens is 1. The van der Waals surface area contributed by atoms with Gasteiger partial charge in [0.15, 0.2) is 5.11 Å². The fourth-order valence-corrected chi connectivity index (χ4v) is 3.26. The number of nitrogens with zero attached hydrogens (tertiary/aromatic N) is 2.